The van der Waals surface area contributed by atoms with Crippen molar-refractivity contribution in [3.8, 4) is 0 Å². The molecular formula is C17H25N5O5. The second-order valence-electron chi connectivity index (χ2n) is 6.57. The molecule has 10 nitrogen and oxygen atoms in total. The van der Waals surface area contributed by atoms with Gasteiger partial charge in [0.15, 0.2) is 0 Å². The SMILES string of the molecule is NC(=O)CN1CCN(CC(=O)O)Cc2cccc(n2)CN(CC(=O)O)CC1. The van der Waals surface area contributed by atoms with E-state index in [1.807, 2.05) is 23.1 Å². The third-order valence-electron chi connectivity index (χ3n) is 4.20. The lowest BCUT2D eigenvalue weighted by molar-refractivity contribution is -0.139. The molecule has 4 N–H and O–H groups in total. The highest BCUT2D eigenvalue weighted by atomic mass is 16.4. The van der Waals surface area contributed by atoms with Gasteiger partial charge in [-0.2, -0.15) is 0 Å². The van der Waals surface area contributed by atoms with Gasteiger partial charge in [0.2, 0.25) is 5.91 Å². The van der Waals surface area contributed by atoms with E-state index in [4.69, 9.17) is 15.9 Å². The highest BCUT2D eigenvalue weighted by Crippen LogP contribution is 2.09. The van der Waals surface area contributed by atoms with E-state index in [9.17, 15) is 14.4 Å². The van der Waals surface area contributed by atoms with E-state index in [-0.39, 0.29) is 19.6 Å². The van der Waals surface area contributed by atoms with Gasteiger partial charge in [0.25, 0.3) is 0 Å². The number of primary amides is 1. The Kier molecular flexibility index (Phi) is 7.65. The summed E-state index contributed by atoms with van der Waals surface area (Å²) < 4.78 is 0. The molecule has 27 heavy (non-hydrogen) atoms. The minimum absolute atomic E-state index is 0.0331. The van der Waals surface area contributed by atoms with E-state index in [0.29, 0.717) is 50.7 Å². The van der Waals surface area contributed by atoms with Crippen LogP contribution in [0, 0.1) is 0 Å². The molecule has 0 saturated heterocycles. The van der Waals surface area contributed by atoms with Crippen molar-refractivity contribution in [3.05, 3.63) is 29.6 Å². The summed E-state index contributed by atoms with van der Waals surface area (Å²) in [6, 6.07) is 5.46. The van der Waals surface area contributed by atoms with Gasteiger partial charge in [0.05, 0.1) is 31.0 Å². The van der Waals surface area contributed by atoms with Crippen molar-refractivity contribution in [1.82, 2.24) is 19.7 Å². The molecule has 1 aromatic heterocycles. The normalized spacial score (nSPS) is 17.6. The molecule has 1 aliphatic heterocycles. The first-order valence-corrected chi connectivity index (χ1v) is 8.65. The molecule has 2 rings (SSSR count). The average molecular weight is 379 g/mol. The molecule has 0 spiro atoms. The first-order valence-electron chi connectivity index (χ1n) is 8.65. The van der Waals surface area contributed by atoms with E-state index in [2.05, 4.69) is 4.98 Å². The molecule has 0 unspecified atom stereocenters. The number of nitrogens with two attached hydrogens (primary N) is 1. The summed E-state index contributed by atoms with van der Waals surface area (Å²) in [5, 5.41) is 18.3. The van der Waals surface area contributed by atoms with Crippen molar-refractivity contribution in [2.75, 3.05) is 45.8 Å². The summed E-state index contributed by atoms with van der Waals surface area (Å²) in [5.41, 5.74) is 6.74. The number of nitrogens with zero attached hydrogens (tertiary/aromatic N) is 4. The maximum Gasteiger partial charge on any atom is 0.317 e. The van der Waals surface area contributed by atoms with Gasteiger partial charge >= 0.3 is 11.9 Å². The Labute approximate surface area is 157 Å². The first kappa shape index (κ1) is 20.7. The smallest absolute Gasteiger partial charge is 0.317 e. The molecule has 0 radical (unpaired) electrons. The number of aliphatic carboxylic acids is 2. The van der Waals surface area contributed by atoms with Crippen LogP contribution in [0.2, 0.25) is 0 Å². The Morgan fingerprint density at radius 1 is 0.852 bits per heavy atom. The zero-order valence-corrected chi connectivity index (χ0v) is 15.1. The van der Waals surface area contributed by atoms with Crippen molar-refractivity contribution in [2.45, 2.75) is 13.1 Å². The molecule has 0 saturated carbocycles. The molecular weight excluding hydrogens is 354 g/mol. The number of fused-ring (bicyclic) bond motifs is 2. The van der Waals surface area contributed by atoms with E-state index in [0.717, 1.165) is 0 Å². The highest BCUT2D eigenvalue weighted by Gasteiger charge is 2.19. The van der Waals surface area contributed by atoms with Gasteiger partial charge in [0, 0.05) is 39.3 Å². The van der Waals surface area contributed by atoms with Gasteiger partial charge in [0.1, 0.15) is 0 Å². The number of carboxylic acids is 2. The fraction of sp³-hybridized carbons (Fsp3) is 0.529. The second kappa shape index (κ2) is 9.95. The Bertz CT molecular complexity index is 638. The molecule has 0 aromatic carbocycles. The molecule has 1 aliphatic rings. The number of carboxylic acid groups (broad SMARTS) is 2. The van der Waals surface area contributed by atoms with Crippen LogP contribution in [-0.4, -0.2) is 93.6 Å². The van der Waals surface area contributed by atoms with Crippen molar-refractivity contribution < 1.29 is 24.6 Å². The van der Waals surface area contributed by atoms with Gasteiger partial charge in [-0.3, -0.25) is 34.1 Å². The van der Waals surface area contributed by atoms with Crippen LogP contribution in [0.25, 0.3) is 0 Å². The molecule has 2 heterocycles. The molecule has 148 valence electrons. The number of carbonyl (C=O) groups is 3. The molecule has 1 aromatic rings. The van der Waals surface area contributed by atoms with Crippen LogP contribution in [0.5, 0.6) is 0 Å². The van der Waals surface area contributed by atoms with Crippen molar-refractivity contribution in [3.63, 3.8) is 0 Å². The van der Waals surface area contributed by atoms with Crippen LogP contribution >= 0.6 is 0 Å². The Morgan fingerprint density at radius 2 is 1.30 bits per heavy atom. The quantitative estimate of drug-likeness (QED) is 0.547. The predicted octanol–water partition coefficient (Wildman–Crippen LogP) is -1.34. The third kappa shape index (κ3) is 7.69. The number of rotatable bonds is 6. The second-order valence-corrected chi connectivity index (χ2v) is 6.57. The third-order valence-corrected chi connectivity index (χ3v) is 4.20. The van der Waals surface area contributed by atoms with Gasteiger partial charge < -0.3 is 15.9 Å². The van der Waals surface area contributed by atoms with Crippen LogP contribution in [0.15, 0.2) is 18.2 Å². The zero-order valence-electron chi connectivity index (χ0n) is 15.1. The maximum absolute atomic E-state index is 11.3. The lowest BCUT2D eigenvalue weighted by Gasteiger charge is -2.29. The van der Waals surface area contributed by atoms with E-state index in [1.165, 1.54) is 0 Å². The van der Waals surface area contributed by atoms with E-state index >= 15 is 0 Å². The van der Waals surface area contributed by atoms with Crippen molar-refractivity contribution in [1.29, 1.82) is 0 Å². The van der Waals surface area contributed by atoms with Crippen LogP contribution in [0.4, 0.5) is 0 Å². The molecule has 0 fully saturated rings. The lowest BCUT2D eigenvalue weighted by atomic mass is 10.2. The molecule has 0 atom stereocenters. The summed E-state index contributed by atoms with van der Waals surface area (Å²) in [6.45, 7) is 2.18. The van der Waals surface area contributed by atoms with Crippen LogP contribution in [-0.2, 0) is 27.5 Å². The summed E-state index contributed by atoms with van der Waals surface area (Å²) in [5.74, 6) is -2.36. The van der Waals surface area contributed by atoms with Crippen LogP contribution in [0.3, 0.4) is 0 Å². The predicted molar refractivity (Wildman–Crippen MR) is 95.7 cm³/mol. The number of hydrogen-bond acceptors (Lipinski definition) is 7. The minimum atomic E-state index is -0.938. The monoisotopic (exact) mass is 379 g/mol. The summed E-state index contributed by atoms with van der Waals surface area (Å²) in [4.78, 5) is 43.5. The maximum atomic E-state index is 11.3. The van der Waals surface area contributed by atoms with E-state index < -0.39 is 17.8 Å². The summed E-state index contributed by atoms with van der Waals surface area (Å²) >= 11 is 0. The Balaban J connectivity index is 2.24. The fourth-order valence-electron chi connectivity index (χ4n) is 3.03. The zero-order chi connectivity index (χ0) is 19.8. The average Bonchev–Trinajstić information content (AvgIpc) is 2.55. The highest BCUT2D eigenvalue weighted by molar-refractivity contribution is 5.75. The van der Waals surface area contributed by atoms with E-state index in [1.54, 1.807) is 9.80 Å². The number of pyridine rings is 1. The molecule has 2 bridgehead atoms. The van der Waals surface area contributed by atoms with Crippen LogP contribution < -0.4 is 5.73 Å². The first-order chi connectivity index (χ1) is 12.8. The van der Waals surface area contributed by atoms with Gasteiger partial charge in [-0.25, -0.2) is 0 Å². The topological polar surface area (TPSA) is 140 Å². The summed E-state index contributed by atoms with van der Waals surface area (Å²) in [6.07, 6.45) is 0. The van der Waals surface area contributed by atoms with Gasteiger partial charge in [-0.05, 0) is 12.1 Å². The Hall–Kier alpha value is -2.56. The van der Waals surface area contributed by atoms with Gasteiger partial charge in [-0.1, -0.05) is 6.07 Å². The molecule has 10 heteroatoms. The number of carbonyl (C=O) groups excluding carboxylic acids is 1. The fourth-order valence-corrected chi connectivity index (χ4v) is 3.03. The largest absolute Gasteiger partial charge is 0.480 e. The van der Waals surface area contributed by atoms with Crippen molar-refractivity contribution >= 4 is 17.8 Å². The summed E-state index contributed by atoms with van der Waals surface area (Å²) in [7, 11) is 0. The van der Waals surface area contributed by atoms with Crippen molar-refractivity contribution in [2.24, 2.45) is 5.73 Å². The lowest BCUT2D eigenvalue weighted by Crippen LogP contribution is -2.45. The minimum Gasteiger partial charge on any atom is -0.480 e. The standard InChI is InChI=1S/C17H25N5O5/c18-15(23)10-20-4-6-21(11-16(24)25)8-13-2-1-3-14(19-13)9-22(7-5-20)12-17(26)27/h1-3H,4-12H2,(H2,18,23)(H,24,25)(H,26,27). The Morgan fingerprint density at radius 3 is 1.70 bits per heavy atom. The molecule has 0 aliphatic carbocycles. The van der Waals surface area contributed by atoms with Gasteiger partial charge in [-0.15, -0.1) is 0 Å². The van der Waals surface area contributed by atoms with Crippen LogP contribution in [0.1, 0.15) is 11.4 Å². The molecule has 1 amide bonds. The number of amides is 1. The number of hydrogen-bond donors (Lipinski definition) is 3. The number of aromatic nitrogens is 1.